The summed E-state index contributed by atoms with van der Waals surface area (Å²) in [5.41, 5.74) is 6.85. The number of hydrazine groups is 1. The molecule has 0 fully saturated rings. The molecule has 1 aliphatic heterocycles. The van der Waals surface area contributed by atoms with Crippen LogP contribution in [0.3, 0.4) is 0 Å². The van der Waals surface area contributed by atoms with Crippen molar-refractivity contribution in [2.45, 2.75) is 20.0 Å². The van der Waals surface area contributed by atoms with Crippen LogP contribution in [0.25, 0.3) is 0 Å². The Kier molecular flexibility index (Phi) is 4.04. The molecule has 1 heterocycles. The molecule has 0 unspecified atom stereocenters. The summed E-state index contributed by atoms with van der Waals surface area (Å²) >= 11 is 0. The number of amidine groups is 1. The van der Waals surface area contributed by atoms with Crippen molar-refractivity contribution in [2.24, 2.45) is 4.99 Å². The summed E-state index contributed by atoms with van der Waals surface area (Å²) in [6, 6.07) is 5.80. The lowest BCUT2D eigenvalue weighted by Gasteiger charge is -2.14. The molecular formula is C13H19N3O2. The van der Waals surface area contributed by atoms with Gasteiger partial charge in [0.2, 0.25) is 0 Å². The smallest absolute Gasteiger partial charge is 0.146 e. The Hall–Kier alpha value is -1.75. The molecule has 98 valence electrons. The van der Waals surface area contributed by atoms with Gasteiger partial charge in [-0.15, -0.1) is 0 Å². The third-order valence-corrected chi connectivity index (χ3v) is 2.44. The summed E-state index contributed by atoms with van der Waals surface area (Å²) in [4.78, 5) is 4.42. The molecule has 0 aromatic heterocycles. The highest BCUT2D eigenvalue weighted by atomic mass is 16.5. The van der Waals surface area contributed by atoms with E-state index in [9.17, 15) is 0 Å². The lowest BCUT2D eigenvalue weighted by Crippen LogP contribution is -2.35. The summed E-state index contributed by atoms with van der Waals surface area (Å²) < 4.78 is 11.3. The zero-order chi connectivity index (χ0) is 13.0. The number of fused-ring (bicyclic) bond motifs is 1. The van der Waals surface area contributed by atoms with Crippen LogP contribution < -0.4 is 20.3 Å². The van der Waals surface area contributed by atoms with Crippen molar-refractivity contribution in [1.29, 1.82) is 0 Å². The molecule has 0 saturated heterocycles. The van der Waals surface area contributed by atoms with Crippen molar-refractivity contribution in [2.75, 3.05) is 20.2 Å². The van der Waals surface area contributed by atoms with Gasteiger partial charge in [-0.25, -0.2) is 5.43 Å². The topological polar surface area (TPSA) is 54.9 Å². The summed E-state index contributed by atoms with van der Waals surface area (Å²) in [6.45, 7) is 5.22. The molecule has 1 aromatic rings. The number of rotatable bonds is 3. The van der Waals surface area contributed by atoms with Gasteiger partial charge in [0.05, 0.1) is 18.2 Å². The van der Waals surface area contributed by atoms with E-state index in [1.54, 1.807) is 0 Å². The number of nitrogens with zero attached hydrogens (tertiary/aromatic N) is 1. The highest BCUT2D eigenvalue weighted by Crippen LogP contribution is 2.27. The first-order valence-electron chi connectivity index (χ1n) is 6.12. The average molecular weight is 249 g/mol. The minimum atomic E-state index is 0.150. The highest BCUT2D eigenvalue weighted by molar-refractivity contribution is 6.01. The van der Waals surface area contributed by atoms with E-state index in [0.717, 1.165) is 22.9 Å². The summed E-state index contributed by atoms with van der Waals surface area (Å²) in [6.07, 6.45) is 0.150. The number of benzene rings is 1. The molecular weight excluding hydrogens is 230 g/mol. The minimum Gasteiger partial charge on any atom is -0.491 e. The second kappa shape index (κ2) is 5.73. The molecule has 0 bridgehead atoms. The normalized spacial score (nSPS) is 14.3. The van der Waals surface area contributed by atoms with Crippen molar-refractivity contribution in [3.05, 3.63) is 23.8 Å². The van der Waals surface area contributed by atoms with Gasteiger partial charge in [0, 0.05) is 13.1 Å². The van der Waals surface area contributed by atoms with Gasteiger partial charge in [0.15, 0.2) is 0 Å². The fraction of sp³-hybridized carbons (Fsp3) is 0.462. The zero-order valence-corrected chi connectivity index (χ0v) is 11.0. The Morgan fingerprint density at radius 2 is 2.22 bits per heavy atom. The van der Waals surface area contributed by atoms with Gasteiger partial charge in [-0.05, 0) is 26.0 Å². The van der Waals surface area contributed by atoms with E-state index in [4.69, 9.17) is 9.47 Å². The highest BCUT2D eigenvalue weighted by Gasteiger charge is 2.14. The number of aliphatic imine (C=N–C) groups is 1. The number of hydrogen-bond acceptors (Lipinski definition) is 5. The van der Waals surface area contributed by atoms with E-state index < -0.39 is 0 Å². The first kappa shape index (κ1) is 12.7. The molecule has 0 amide bonds. The molecule has 2 rings (SSSR count). The van der Waals surface area contributed by atoms with Crippen LogP contribution in [-0.4, -0.2) is 32.1 Å². The molecule has 18 heavy (non-hydrogen) atoms. The van der Waals surface area contributed by atoms with Crippen molar-refractivity contribution in [3.8, 4) is 11.5 Å². The largest absolute Gasteiger partial charge is 0.491 e. The van der Waals surface area contributed by atoms with E-state index in [1.165, 1.54) is 0 Å². The maximum atomic E-state index is 5.68. The van der Waals surface area contributed by atoms with Crippen molar-refractivity contribution < 1.29 is 9.47 Å². The van der Waals surface area contributed by atoms with E-state index in [-0.39, 0.29) is 6.10 Å². The lowest BCUT2D eigenvalue weighted by molar-refractivity contribution is 0.240. The predicted molar refractivity (Wildman–Crippen MR) is 71.3 cm³/mol. The second-order valence-corrected chi connectivity index (χ2v) is 4.28. The molecule has 0 saturated carbocycles. The molecule has 1 aromatic carbocycles. The summed E-state index contributed by atoms with van der Waals surface area (Å²) in [7, 11) is 1.81. The molecule has 0 spiro atoms. The minimum absolute atomic E-state index is 0.150. The fourth-order valence-electron chi connectivity index (χ4n) is 1.79. The van der Waals surface area contributed by atoms with Crippen molar-refractivity contribution in [1.82, 2.24) is 10.9 Å². The predicted octanol–water partition coefficient (Wildman–Crippen LogP) is 1.34. The quantitative estimate of drug-likeness (QED) is 0.794. The van der Waals surface area contributed by atoms with Gasteiger partial charge < -0.3 is 14.9 Å². The summed E-state index contributed by atoms with van der Waals surface area (Å²) in [5.74, 6) is 2.41. The van der Waals surface area contributed by atoms with Crippen LogP contribution in [-0.2, 0) is 0 Å². The van der Waals surface area contributed by atoms with Crippen LogP contribution in [0.2, 0.25) is 0 Å². The van der Waals surface area contributed by atoms with E-state index in [2.05, 4.69) is 15.8 Å². The van der Waals surface area contributed by atoms with Crippen molar-refractivity contribution >= 4 is 5.84 Å². The Balaban J connectivity index is 2.29. The van der Waals surface area contributed by atoms with Crippen LogP contribution in [0.15, 0.2) is 23.2 Å². The van der Waals surface area contributed by atoms with Gasteiger partial charge in [0.1, 0.15) is 23.9 Å². The molecule has 5 heteroatoms. The van der Waals surface area contributed by atoms with E-state index in [1.807, 2.05) is 39.1 Å². The first-order valence-corrected chi connectivity index (χ1v) is 6.12. The van der Waals surface area contributed by atoms with Crippen LogP contribution in [0.5, 0.6) is 11.5 Å². The monoisotopic (exact) mass is 249 g/mol. The standard InChI is InChI=1S/C13H19N3O2/c1-9(2)18-10-4-5-11-12(8-10)17-7-6-15-13(11)16-14-3/h4-5,8-9,14H,6-7H2,1-3H3,(H,15,16). The molecule has 1 aliphatic rings. The SMILES string of the molecule is CNNC1=NCCOc2cc(OC(C)C)ccc21. The Bertz CT molecular complexity index is 444. The second-order valence-electron chi connectivity index (χ2n) is 4.28. The van der Waals surface area contributed by atoms with E-state index >= 15 is 0 Å². The fourth-order valence-corrected chi connectivity index (χ4v) is 1.79. The lowest BCUT2D eigenvalue weighted by atomic mass is 10.1. The molecule has 0 atom stereocenters. The van der Waals surface area contributed by atoms with Crippen LogP contribution in [0, 0.1) is 0 Å². The van der Waals surface area contributed by atoms with Crippen LogP contribution in [0.1, 0.15) is 19.4 Å². The van der Waals surface area contributed by atoms with Gasteiger partial charge in [-0.1, -0.05) is 0 Å². The maximum absolute atomic E-state index is 5.68. The number of nitrogens with one attached hydrogen (secondary N) is 2. The Morgan fingerprint density at radius 1 is 1.39 bits per heavy atom. The summed E-state index contributed by atoms with van der Waals surface area (Å²) in [5, 5.41) is 0. The van der Waals surface area contributed by atoms with Crippen LogP contribution in [0.4, 0.5) is 0 Å². The maximum Gasteiger partial charge on any atom is 0.146 e. The van der Waals surface area contributed by atoms with Gasteiger partial charge in [-0.3, -0.25) is 4.99 Å². The first-order chi connectivity index (χ1) is 8.70. The molecule has 0 radical (unpaired) electrons. The third kappa shape index (κ3) is 2.92. The molecule has 5 nitrogen and oxygen atoms in total. The third-order valence-electron chi connectivity index (χ3n) is 2.44. The molecule has 2 N–H and O–H groups in total. The average Bonchev–Trinajstić information content (AvgIpc) is 2.51. The van der Waals surface area contributed by atoms with Gasteiger partial charge in [0.25, 0.3) is 0 Å². The van der Waals surface area contributed by atoms with Crippen LogP contribution >= 0.6 is 0 Å². The Morgan fingerprint density at radius 3 is 2.94 bits per heavy atom. The van der Waals surface area contributed by atoms with Gasteiger partial charge >= 0.3 is 0 Å². The number of ether oxygens (including phenoxy) is 2. The molecule has 0 aliphatic carbocycles. The number of hydrogen-bond donors (Lipinski definition) is 2. The Labute approximate surface area is 107 Å². The van der Waals surface area contributed by atoms with E-state index in [0.29, 0.717) is 13.2 Å². The van der Waals surface area contributed by atoms with Crippen molar-refractivity contribution in [3.63, 3.8) is 0 Å². The zero-order valence-electron chi connectivity index (χ0n) is 11.0. The van der Waals surface area contributed by atoms with Gasteiger partial charge in [-0.2, -0.15) is 0 Å².